The van der Waals surface area contributed by atoms with Gasteiger partial charge in [-0.1, -0.05) is 25.5 Å². The number of methoxy groups -OCH3 is 1. The molecule has 8 heteroatoms. The van der Waals surface area contributed by atoms with Gasteiger partial charge in [-0.05, 0) is 18.6 Å². The van der Waals surface area contributed by atoms with Crippen LogP contribution in [-0.2, 0) is 9.53 Å². The fraction of sp³-hybridized carbons (Fsp3) is 0.500. The Kier molecular flexibility index (Phi) is 6.16. The van der Waals surface area contributed by atoms with Gasteiger partial charge in [-0.3, -0.25) is 4.79 Å². The van der Waals surface area contributed by atoms with E-state index >= 15 is 0 Å². The predicted molar refractivity (Wildman–Crippen MR) is 72.4 cm³/mol. The third-order valence-corrected chi connectivity index (χ3v) is 2.83. The number of alkyl halides is 4. The standard InChI is InChI=1S/C14H17F4NO3/c1-3-4-9-22-11-8-6-5-7-10(11)19-12(20)13(15,21-2)14(16,17)18/h5-8H,3-4,9H2,1-2H3,(H,19,20)/t13-/m1/s1. The minimum Gasteiger partial charge on any atom is -0.491 e. The lowest BCUT2D eigenvalue weighted by atomic mass is 10.2. The van der Waals surface area contributed by atoms with Crippen molar-refractivity contribution in [3.8, 4) is 5.75 Å². The molecule has 1 aromatic rings. The molecule has 0 bridgehead atoms. The van der Waals surface area contributed by atoms with E-state index in [-0.39, 0.29) is 11.4 Å². The number of carbonyl (C=O) groups excluding carboxylic acids is 1. The summed E-state index contributed by atoms with van der Waals surface area (Å²) >= 11 is 0. The molecule has 22 heavy (non-hydrogen) atoms. The number of anilines is 1. The smallest absolute Gasteiger partial charge is 0.458 e. The number of halogens is 4. The van der Waals surface area contributed by atoms with Crippen molar-refractivity contribution in [2.75, 3.05) is 19.0 Å². The van der Waals surface area contributed by atoms with E-state index in [2.05, 4.69) is 4.74 Å². The van der Waals surface area contributed by atoms with Gasteiger partial charge in [-0.2, -0.15) is 17.6 Å². The maximum absolute atomic E-state index is 13.7. The molecule has 0 aliphatic heterocycles. The first-order valence-electron chi connectivity index (χ1n) is 6.60. The Bertz CT molecular complexity index is 507. The van der Waals surface area contributed by atoms with Gasteiger partial charge in [0.2, 0.25) is 0 Å². The molecule has 0 saturated heterocycles. The van der Waals surface area contributed by atoms with E-state index in [1.807, 2.05) is 12.2 Å². The summed E-state index contributed by atoms with van der Waals surface area (Å²) in [6.07, 6.45) is -3.90. The van der Waals surface area contributed by atoms with Crippen LogP contribution in [0.1, 0.15) is 19.8 Å². The first kappa shape index (κ1) is 18.2. The van der Waals surface area contributed by atoms with Crippen molar-refractivity contribution in [2.45, 2.75) is 31.8 Å². The average Bonchev–Trinajstić information content (AvgIpc) is 2.47. The van der Waals surface area contributed by atoms with Crippen LogP contribution in [0.5, 0.6) is 5.75 Å². The normalized spacial score (nSPS) is 14.3. The summed E-state index contributed by atoms with van der Waals surface area (Å²) < 4.78 is 60.7. The number of nitrogens with one attached hydrogen (secondary N) is 1. The number of hydrogen-bond acceptors (Lipinski definition) is 3. The molecule has 1 atom stereocenters. The third kappa shape index (κ3) is 4.09. The van der Waals surface area contributed by atoms with Crippen LogP contribution >= 0.6 is 0 Å². The molecule has 1 amide bonds. The van der Waals surface area contributed by atoms with Gasteiger partial charge in [0.25, 0.3) is 5.91 Å². The quantitative estimate of drug-likeness (QED) is 0.615. The summed E-state index contributed by atoms with van der Waals surface area (Å²) in [6, 6.07) is 5.83. The molecule has 1 N–H and O–H groups in total. The number of rotatable bonds is 7. The number of amides is 1. The Morgan fingerprint density at radius 1 is 1.23 bits per heavy atom. The van der Waals surface area contributed by atoms with Crippen LogP contribution in [0.4, 0.5) is 23.2 Å². The summed E-state index contributed by atoms with van der Waals surface area (Å²) in [5.41, 5.74) is -0.0630. The molecule has 0 aliphatic carbocycles. The zero-order valence-electron chi connectivity index (χ0n) is 12.2. The van der Waals surface area contributed by atoms with E-state index in [0.717, 1.165) is 12.8 Å². The molecule has 0 radical (unpaired) electrons. The van der Waals surface area contributed by atoms with Gasteiger partial charge in [-0.15, -0.1) is 0 Å². The highest BCUT2D eigenvalue weighted by molar-refractivity contribution is 5.97. The maximum Gasteiger partial charge on any atom is 0.458 e. The van der Waals surface area contributed by atoms with E-state index in [1.54, 1.807) is 6.07 Å². The molecule has 124 valence electrons. The van der Waals surface area contributed by atoms with Crippen molar-refractivity contribution >= 4 is 11.6 Å². The summed E-state index contributed by atoms with van der Waals surface area (Å²) in [5.74, 6) is -6.23. The molecule has 0 saturated carbocycles. The summed E-state index contributed by atoms with van der Waals surface area (Å²) in [4.78, 5) is 11.6. The topological polar surface area (TPSA) is 47.6 Å². The van der Waals surface area contributed by atoms with Crippen molar-refractivity contribution in [2.24, 2.45) is 0 Å². The molecule has 1 rings (SSSR count). The average molecular weight is 323 g/mol. The minimum absolute atomic E-state index is 0.0630. The van der Waals surface area contributed by atoms with Crippen molar-refractivity contribution in [1.82, 2.24) is 0 Å². The summed E-state index contributed by atoms with van der Waals surface area (Å²) in [6.45, 7) is 2.27. The lowest BCUT2D eigenvalue weighted by Gasteiger charge is -2.25. The second kappa shape index (κ2) is 7.44. The first-order valence-corrected chi connectivity index (χ1v) is 6.60. The molecule has 0 aromatic heterocycles. The van der Waals surface area contributed by atoms with Crippen molar-refractivity contribution in [3.05, 3.63) is 24.3 Å². The number of hydrogen-bond donors (Lipinski definition) is 1. The van der Waals surface area contributed by atoms with Crippen molar-refractivity contribution in [1.29, 1.82) is 0 Å². The number of carbonyl (C=O) groups is 1. The molecule has 1 aromatic carbocycles. The Hall–Kier alpha value is -1.83. The highest BCUT2D eigenvalue weighted by Crippen LogP contribution is 2.36. The molecule has 0 spiro atoms. The second-order valence-corrected chi connectivity index (χ2v) is 4.45. The van der Waals surface area contributed by atoms with E-state index in [1.165, 1.54) is 18.2 Å². The SMILES string of the molecule is CCCCOc1ccccc1NC(=O)[C@@](F)(OC)C(F)(F)F. The fourth-order valence-electron chi connectivity index (χ4n) is 1.56. The Morgan fingerprint density at radius 3 is 2.41 bits per heavy atom. The van der Waals surface area contributed by atoms with Gasteiger partial charge in [0.1, 0.15) is 5.75 Å². The predicted octanol–water partition coefficient (Wildman–Crippen LogP) is 3.68. The van der Waals surface area contributed by atoms with Crippen LogP contribution in [0.3, 0.4) is 0 Å². The van der Waals surface area contributed by atoms with Crippen molar-refractivity contribution in [3.63, 3.8) is 0 Å². The van der Waals surface area contributed by atoms with E-state index in [4.69, 9.17) is 4.74 Å². The molecular weight excluding hydrogens is 306 g/mol. The highest BCUT2D eigenvalue weighted by atomic mass is 19.4. The van der Waals surface area contributed by atoms with Gasteiger partial charge in [0, 0.05) is 7.11 Å². The molecule has 4 nitrogen and oxygen atoms in total. The molecule has 0 fully saturated rings. The Labute approximate surface area is 125 Å². The van der Waals surface area contributed by atoms with E-state index in [0.29, 0.717) is 13.7 Å². The largest absolute Gasteiger partial charge is 0.491 e. The lowest BCUT2D eigenvalue weighted by molar-refractivity contribution is -0.305. The fourth-order valence-corrected chi connectivity index (χ4v) is 1.56. The van der Waals surface area contributed by atoms with Crippen LogP contribution < -0.4 is 10.1 Å². The Morgan fingerprint density at radius 2 is 1.86 bits per heavy atom. The van der Waals surface area contributed by atoms with Crippen LogP contribution in [0.2, 0.25) is 0 Å². The van der Waals surface area contributed by atoms with E-state index in [9.17, 15) is 22.4 Å². The van der Waals surface area contributed by atoms with Gasteiger partial charge in [-0.25, -0.2) is 0 Å². The molecular formula is C14H17F4NO3. The zero-order valence-corrected chi connectivity index (χ0v) is 12.2. The zero-order chi connectivity index (χ0) is 16.8. The lowest BCUT2D eigenvalue weighted by Crippen LogP contribution is -2.52. The van der Waals surface area contributed by atoms with Crippen LogP contribution in [0.15, 0.2) is 24.3 Å². The van der Waals surface area contributed by atoms with Crippen LogP contribution in [0, 0.1) is 0 Å². The maximum atomic E-state index is 13.7. The second-order valence-electron chi connectivity index (χ2n) is 4.45. The van der Waals surface area contributed by atoms with E-state index < -0.39 is 17.9 Å². The monoisotopic (exact) mass is 323 g/mol. The molecule has 0 unspecified atom stereocenters. The number of ether oxygens (including phenoxy) is 2. The minimum atomic E-state index is -5.50. The van der Waals surface area contributed by atoms with Crippen molar-refractivity contribution < 1.29 is 31.8 Å². The van der Waals surface area contributed by atoms with Gasteiger partial charge in [0.05, 0.1) is 12.3 Å². The summed E-state index contributed by atoms with van der Waals surface area (Å²) in [7, 11) is 0.469. The van der Waals surface area contributed by atoms with Gasteiger partial charge < -0.3 is 14.8 Å². The molecule has 0 heterocycles. The number of unbranched alkanes of at least 4 members (excludes halogenated alkanes) is 1. The number of para-hydroxylation sites is 2. The summed E-state index contributed by atoms with van der Waals surface area (Å²) in [5, 5.41) is 1.85. The van der Waals surface area contributed by atoms with Crippen LogP contribution in [-0.4, -0.2) is 31.7 Å². The third-order valence-electron chi connectivity index (χ3n) is 2.83. The number of benzene rings is 1. The molecule has 0 aliphatic rings. The Balaban J connectivity index is 2.92. The van der Waals surface area contributed by atoms with Gasteiger partial charge in [0.15, 0.2) is 0 Å². The van der Waals surface area contributed by atoms with Crippen LogP contribution in [0.25, 0.3) is 0 Å². The highest BCUT2D eigenvalue weighted by Gasteiger charge is 2.63. The van der Waals surface area contributed by atoms with Gasteiger partial charge >= 0.3 is 12.0 Å². The first-order chi connectivity index (χ1) is 10.3.